The van der Waals surface area contributed by atoms with Gasteiger partial charge in [-0.15, -0.1) is 0 Å². The maximum Gasteiger partial charge on any atom is 0.224 e. The minimum atomic E-state index is -0.209. The number of halogens is 1. The van der Waals surface area contributed by atoms with Gasteiger partial charge in [0.1, 0.15) is 11.6 Å². The Labute approximate surface area is 152 Å². The summed E-state index contributed by atoms with van der Waals surface area (Å²) < 4.78 is 13.0. The molecule has 0 saturated carbocycles. The number of para-hydroxylation sites is 1. The molecule has 1 N–H and O–H groups in total. The van der Waals surface area contributed by atoms with Crippen LogP contribution in [0.25, 0.3) is 0 Å². The lowest BCUT2D eigenvalue weighted by Crippen LogP contribution is -2.25. The quantitative estimate of drug-likeness (QED) is 0.744. The number of rotatable bonds is 5. The van der Waals surface area contributed by atoms with Crippen LogP contribution < -0.4 is 10.2 Å². The highest BCUT2D eigenvalue weighted by Gasteiger charge is 2.18. The third-order valence-electron chi connectivity index (χ3n) is 4.64. The molecule has 5 heteroatoms. The van der Waals surface area contributed by atoms with Crippen LogP contribution in [0.4, 0.5) is 21.8 Å². The van der Waals surface area contributed by atoms with Gasteiger partial charge in [-0.25, -0.2) is 9.37 Å². The highest BCUT2D eigenvalue weighted by atomic mass is 19.1. The average molecular weight is 348 g/mol. The Morgan fingerprint density at radius 3 is 2.77 bits per heavy atom. The van der Waals surface area contributed by atoms with E-state index in [0.29, 0.717) is 12.5 Å². The summed E-state index contributed by atoms with van der Waals surface area (Å²) in [7, 11) is 0. The van der Waals surface area contributed by atoms with E-state index >= 15 is 0 Å². The van der Waals surface area contributed by atoms with Crippen LogP contribution in [-0.2, 0) is 12.8 Å². The Bertz CT molecular complexity index is 879. The summed E-state index contributed by atoms with van der Waals surface area (Å²) in [6.45, 7) is 1.66. The van der Waals surface area contributed by atoms with Crippen molar-refractivity contribution in [3.8, 4) is 0 Å². The summed E-state index contributed by atoms with van der Waals surface area (Å²) in [5.41, 5.74) is 3.68. The average Bonchev–Trinajstić information content (AvgIpc) is 2.69. The molecule has 2 aromatic carbocycles. The largest absolute Gasteiger partial charge is 0.354 e. The fraction of sp³-hybridized carbons (Fsp3) is 0.238. The Balaban J connectivity index is 1.45. The SMILES string of the molecule is Fc1ccc(CCNc2nccc(N3CCCc4ccccc43)n2)cc1. The van der Waals surface area contributed by atoms with Crippen LogP contribution in [0.3, 0.4) is 0 Å². The molecular weight excluding hydrogens is 327 g/mol. The third kappa shape index (κ3) is 3.67. The second-order valence-corrected chi connectivity index (χ2v) is 6.43. The van der Waals surface area contributed by atoms with Crippen molar-refractivity contribution in [3.05, 3.63) is 77.7 Å². The van der Waals surface area contributed by atoms with E-state index in [9.17, 15) is 4.39 Å². The van der Waals surface area contributed by atoms with Gasteiger partial charge in [-0.1, -0.05) is 30.3 Å². The molecule has 0 fully saturated rings. The summed E-state index contributed by atoms with van der Waals surface area (Å²) >= 11 is 0. The lowest BCUT2D eigenvalue weighted by atomic mass is 10.0. The maximum absolute atomic E-state index is 13.0. The molecule has 0 radical (unpaired) electrons. The van der Waals surface area contributed by atoms with Gasteiger partial charge in [0.2, 0.25) is 5.95 Å². The molecule has 2 heterocycles. The summed E-state index contributed by atoms with van der Waals surface area (Å²) in [6, 6.07) is 17.0. The van der Waals surface area contributed by atoms with E-state index < -0.39 is 0 Å². The third-order valence-corrected chi connectivity index (χ3v) is 4.64. The highest BCUT2D eigenvalue weighted by molar-refractivity contribution is 5.65. The van der Waals surface area contributed by atoms with Crippen molar-refractivity contribution < 1.29 is 4.39 Å². The Hall–Kier alpha value is -2.95. The first kappa shape index (κ1) is 16.5. The lowest BCUT2D eigenvalue weighted by Gasteiger charge is -2.30. The van der Waals surface area contributed by atoms with Crippen LogP contribution in [0.1, 0.15) is 17.5 Å². The standard InChI is InChI=1S/C21H21FN4/c22-18-9-7-16(8-10-18)11-13-23-21-24-14-12-20(25-21)26-15-3-5-17-4-1-2-6-19(17)26/h1-2,4,6-10,12,14H,3,5,11,13,15H2,(H,23,24,25). The lowest BCUT2D eigenvalue weighted by molar-refractivity contribution is 0.627. The van der Waals surface area contributed by atoms with Gasteiger partial charge in [0, 0.05) is 25.0 Å². The molecule has 0 amide bonds. The number of nitrogens with zero attached hydrogens (tertiary/aromatic N) is 3. The maximum atomic E-state index is 13.0. The molecule has 1 aliphatic heterocycles. The van der Waals surface area contributed by atoms with Crippen LogP contribution in [0.15, 0.2) is 60.8 Å². The van der Waals surface area contributed by atoms with Gasteiger partial charge in [-0.05, 0) is 54.7 Å². The van der Waals surface area contributed by atoms with Crippen LogP contribution in [0.2, 0.25) is 0 Å². The Morgan fingerprint density at radius 2 is 1.88 bits per heavy atom. The molecule has 0 bridgehead atoms. The highest BCUT2D eigenvalue weighted by Crippen LogP contribution is 2.32. The Kier molecular flexibility index (Phi) is 4.78. The smallest absolute Gasteiger partial charge is 0.224 e. The zero-order valence-corrected chi connectivity index (χ0v) is 14.5. The number of benzene rings is 2. The second kappa shape index (κ2) is 7.52. The summed E-state index contributed by atoms with van der Waals surface area (Å²) in [5, 5.41) is 3.27. The van der Waals surface area contributed by atoms with Crippen LogP contribution in [0, 0.1) is 5.82 Å². The Morgan fingerprint density at radius 1 is 1.04 bits per heavy atom. The summed E-state index contributed by atoms with van der Waals surface area (Å²) in [4.78, 5) is 11.3. The van der Waals surface area contributed by atoms with Gasteiger partial charge in [0.25, 0.3) is 0 Å². The topological polar surface area (TPSA) is 41.1 Å². The first-order chi connectivity index (χ1) is 12.8. The van der Waals surface area contributed by atoms with Crippen molar-refractivity contribution in [1.29, 1.82) is 0 Å². The van der Waals surface area contributed by atoms with E-state index in [-0.39, 0.29) is 5.82 Å². The summed E-state index contributed by atoms with van der Waals surface area (Å²) in [6.07, 6.45) is 4.81. The van der Waals surface area contributed by atoms with E-state index in [1.165, 1.54) is 23.4 Å². The molecule has 0 aliphatic carbocycles. The number of anilines is 3. The van der Waals surface area contributed by atoms with Gasteiger partial charge < -0.3 is 10.2 Å². The molecule has 1 aliphatic rings. The fourth-order valence-corrected chi connectivity index (χ4v) is 3.33. The van der Waals surface area contributed by atoms with Gasteiger partial charge in [-0.2, -0.15) is 4.98 Å². The van der Waals surface area contributed by atoms with Gasteiger partial charge in [0.15, 0.2) is 0 Å². The van der Waals surface area contributed by atoms with E-state index in [0.717, 1.165) is 37.2 Å². The van der Waals surface area contributed by atoms with Crippen molar-refractivity contribution in [2.24, 2.45) is 0 Å². The number of aryl methyl sites for hydroxylation is 1. The molecule has 4 rings (SSSR count). The molecule has 26 heavy (non-hydrogen) atoms. The van der Waals surface area contributed by atoms with Crippen LogP contribution in [-0.4, -0.2) is 23.1 Å². The molecule has 3 aromatic rings. The first-order valence-corrected chi connectivity index (χ1v) is 8.96. The molecular formula is C21H21FN4. The predicted molar refractivity (Wildman–Crippen MR) is 102 cm³/mol. The van der Waals surface area contributed by atoms with Crippen molar-refractivity contribution in [2.75, 3.05) is 23.3 Å². The van der Waals surface area contributed by atoms with E-state index in [1.807, 2.05) is 6.07 Å². The van der Waals surface area contributed by atoms with E-state index in [2.05, 4.69) is 44.5 Å². The number of fused-ring (bicyclic) bond motifs is 1. The summed E-state index contributed by atoms with van der Waals surface area (Å²) in [5.74, 6) is 1.32. The predicted octanol–water partition coefficient (Wildman–Crippen LogP) is 4.35. The first-order valence-electron chi connectivity index (χ1n) is 8.96. The molecule has 132 valence electrons. The van der Waals surface area contributed by atoms with Gasteiger partial charge >= 0.3 is 0 Å². The molecule has 0 saturated heterocycles. The van der Waals surface area contributed by atoms with Crippen molar-refractivity contribution in [2.45, 2.75) is 19.3 Å². The number of aromatic nitrogens is 2. The minimum Gasteiger partial charge on any atom is -0.354 e. The molecule has 4 nitrogen and oxygen atoms in total. The number of hydrogen-bond acceptors (Lipinski definition) is 4. The van der Waals surface area contributed by atoms with Crippen molar-refractivity contribution in [1.82, 2.24) is 9.97 Å². The van der Waals surface area contributed by atoms with Gasteiger partial charge in [-0.3, -0.25) is 0 Å². The minimum absolute atomic E-state index is 0.209. The normalized spacial score (nSPS) is 13.3. The molecule has 0 unspecified atom stereocenters. The number of nitrogens with one attached hydrogen (secondary N) is 1. The monoisotopic (exact) mass is 348 g/mol. The number of hydrogen-bond donors (Lipinski definition) is 1. The van der Waals surface area contributed by atoms with E-state index in [1.54, 1.807) is 18.3 Å². The molecule has 0 atom stereocenters. The molecule has 0 spiro atoms. The fourth-order valence-electron chi connectivity index (χ4n) is 3.33. The van der Waals surface area contributed by atoms with Crippen LogP contribution >= 0.6 is 0 Å². The zero-order chi connectivity index (χ0) is 17.8. The van der Waals surface area contributed by atoms with Crippen LogP contribution in [0.5, 0.6) is 0 Å². The molecule has 1 aromatic heterocycles. The second-order valence-electron chi connectivity index (χ2n) is 6.43. The van der Waals surface area contributed by atoms with Gasteiger partial charge in [0.05, 0.1) is 0 Å². The zero-order valence-electron chi connectivity index (χ0n) is 14.5. The van der Waals surface area contributed by atoms with Crippen molar-refractivity contribution in [3.63, 3.8) is 0 Å². The van der Waals surface area contributed by atoms with Crippen molar-refractivity contribution >= 4 is 17.5 Å². The van der Waals surface area contributed by atoms with E-state index in [4.69, 9.17) is 0 Å².